The van der Waals surface area contributed by atoms with E-state index in [-0.39, 0.29) is 25.5 Å². The lowest BCUT2D eigenvalue weighted by molar-refractivity contribution is -0.117. The molecule has 1 aliphatic rings. The van der Waals surface area contributed by atoms with Gasteiger partial charge in [-0.25, -0.2) is 4.79 Å². The summed E-state index contributed by atoms with van der Waals surface area (Å²) in [6.45, 7) is -0.623. The molecule has 1 aromatic carbocycles. The molecule has 2 rings (SSSR count). The second-order valence-corrected chi connectivity index (χ2v) is 4.81. The van der Waals surface area contributed by atoms with Gasteiger partial charge in [0.1, 0.15) is 0 Å². The summed E-state index contributed by atoms with van der Waals surface area (Å²) in [6, 6.07) is 6.31. The summed E-state index contributed by atoms with van der Waals surface area (Å²) in [7, 11) is 1.29. The number of carbonyl (C=O) groups excluding carboxylic acids is 2. The fourth-order valence-corrected chi connectivity index (χ4v) is 2.46. The highest BCUT2D eigenvalue weighted by Crippen LogP contribution is 2.34. The minimum Gasteiger partial charge on any atom is -0.465 e. The topological polar surface area (TPSA) is 87.1 Å². The quantitative estimate of drug-likeness (QED) is 0.775. The van der Waals surface area contributed by atoms with Crippen LogP contribution in [0.25, 0.3) is 0 Å². The Morgan fingerprint density at radius 3 is 2.40 bits per heavy atom. The van der Waals surface area contributed by atoms with Crippen molar-refractivity contribution in [3.63, 3.8) is 0 Å². The molecule has 1 saturated heterocycles. The number of amides is 1. The number of carbonyl (C=O) groups is 2. The summed E-state index contributed by atoms with van der Waals surface area (Å²) >= 11 is 0. The monoisotopic (exact) mass is 279 g/mol. The van der Waals surface area contributed by atoms with E-state index in [0.717, 1.165) is 0 Å². The van der Waals surface area contributed by atoms with Crippen molar-refractivity contribution in [3.05, 3.63) is 29.8 Å². The van der Waals surface area contributed by atoms with Gasteiger partial charge in [-0.15, -0.1) is 0 Å². The number of esters is 1. The molecular weight excluding hydrogens is 262 g/mol. The molecule has 1 aromatic rings. The predicted molar refractivity (Wildman–Crippen MR) is 71.4 cm³/mol. The Morgan fingerprint density at radius 1 is 1.30 bits per heavy atom. The van der Waals surface area contributed by atoms with Gasteiger partial charge in [0.15, 0.2) is 0 Å². The average Bonchev–Trinajstić information content (AvgIpc) is 2.84. The number of nitrogens with zero attached hydrogens (tertiary/aromatic N) is 1. The van der Waals surface area contributed by atoms with Gasteiger partial charge < -0.3 is 19.8 Å². The van der Waals surface area contributed by atoms with Crippen molar-refractivity contribution in [2.45, 2.75) is 18.4 Å². The maximum atomic E-state index is 12.0. The lowest BCUT2D eigenvalue weighted by atomic mass is 9.98. The van der Waals surface area contributed by atoms with Crippen LogP contribution in [0, 0.1) is 0 Å². The minimum absolute atomic E-state index is 0.154. The zero-order valence-electron chi connectivity index (χ0n) is 11.2. The van der Waals surface area contributed by atoms with Crippen LogP contribution in [-0.2, 0) is 9.53 Å². The number of methoxy groups -OCH3 is 1. The van der Waals surface area contributed by atoms with Crippen LogP contribution in [0.3, 0.4) is 0 Å². The van der Waals surface area contributed by atoms with Gasteiger partial charge in [-0.2, -0.15) is 0 Å². The van der Waals surface area contributed by atoms with E-state index in [4.69, 9.17) is 0 Å². The number of rotatable bonds is 4. The van der Waals surface area contributed by atoms with Crippen molar-refractivity contribution in [1.29, 1.82) is 0 Å². The van der Waals surface area contributed by atoms with Gasteiger partial charge in [0.25, 0.3) is 0 Å². The Balaban J connectivity index is 2.34. The predicted octanol–water partition coefficient (Wildman–Crippen LogP) is 0.323. The molecule has 1 heterocycles. The third kappa shape index (κ3) is 2.28. The molecular formula is C14H17NO5. The van der Waals surface area contributed by atoms with E-state index in [1.54, 1.807) is 24.3 Å². The van der Waals surface area contributed by atoms with Gasteiger partial charge >= 0.3 is 5.97 Å². The Morgan fingerprint density at radius 2 is 1.90 bits per heavy atom. The number of anilines is 1. The van der Waals surface area contributed by atoms with Crippen LogP contribution < -0.4 is 4.90 Å². The van der Waals surface area contributed by atoms with E-state index in [2.05, 4.69) is 4.74 Å². The second kappa shape index (κ2) is 5.60. The standard InChI is InChI=1S/C14H17NO5/c1-20-13(19)10-2-4-11(5-3-10)15-12(18)6-7-14(15,8-16)9-17/h2-5,16-17H,6-9H2,1H3. The highest BCUT2D eigenvalue weighted by molar-refractivity contribution is 5.98. The summed E-state index contributed by atoms with van der Waals surface area (Å²) in [4.78, 5) is 24.8. The Kier molecular flexibility index (Phi) is 4.06. The van der Waals surface area contributed by atoms with E-state index < -0.39 is 11.5 Å². The molecule has 20 heavy (non-hydrogen) atoms. The second-order valence-electron chi connectivity index (χ2n) is 4.81. The molecule has 0 aromatic heterocycles. The summed E-state index contributed by atoms with van der Waals surface area (Å²) < 4.78 is 4.61. The number of hydrogen-bond donors (Lipinski definition) is 2. The van der Waals surface area contributed by atoms with Crippen LogP contribution in [0.4, 0.5) is 5.69 Å². The fraction of sp³-hybridized carbons (Fsp3) is 0.429. The minimum atomic E-state index is -0.968. The van der Waals surface area contributed by atoms with Crippen LogP contribution in [-0.4, -0.2) is 48.0 Å². The first kappa shape index (κ1) is 14.5. The summed E-state index contributed by atoms with van der Waals surface area (Å²) in [5, 5.41) is 19.0. The average molecular weight is 279 g/mol. The van der Waals surface area contributed by atoms with Crippen molar-refractivity contribution in [3.8, 4) is 0 Å². The first-order valence-electron chi connectivity index (χ1n) is 6.31. The van der Waals surface area contributed by atoms with Crippen molar-refractivity contribution in [2.75, 3.05) is 25.2 Å². The third-order valence-corrected chi connectivity index (χ3v) is 3.66. The molecule has 0 saturated carbocycles. The van der Waals surface area contributed by atoms with Crippen LogP contribution in [0.1, 0.15) is 23.2 Å². The maximum Gasteiger partial charge on any atom is 0.337 e. The van der Waals surface area contributed by atoms with Gasteiger partial charge in [-0.3, -0.25) is 4.79 Å². The molecule has 0 unspecified atom stereocenters. The molecule has 6 nitrogen and oxygen atoms in total. The normalized spacial score (nSPS) is 17.4. The first-order valence-corrected chi connectivity index (χ1v) is 6.31. The molecule has 0 spiro atoms. The highest BCUT2D eigenvalue weighted by atomic mass is 16.5. The number of benzene rings is 1. The smallest absolute Gasteiger partial charge is 0.337 e. The number of aliphatic hydroxyl groups is 2. The van der Waals surface area contributed by atoms with E-state index >= 15 is 0 Å². The lowest BCUT2D eigenvalue weighted by Crippen LogP contribution is -2.51. The molecule has 6 heteroatoms. The van der Waals surface area contributed by atoms with Crippen molar-refractivity contribution >= 4 is 17.6 Å². The highest BCUT2D eigenvalue weighted by Gasteiger charge is 2.45. The Bertz CT molecular complexity index is 507. The van der Waals surface area contributed by atoms with Crippen LogP contribution in [0.15, 0.2) is 24.3 Å². The zero-order chi connectivity index (χ0) is 14.8. The van der Waals surface area contributed by atoms with Gasteiger partial charge in [0.2, 0.25) is 5.91 Å². The molecule has 0 atom stereocenters. The zero-order valence-corrected chi connectivity index (χ0v) is 11.2. The van der Waals surface area contributed by atoms with Crippen LogP contribution in [0.2, 0.25) is 0 Å². The van der Waals surface area contributed by atoms with E-state index in [1.807, 2.05) is 0 Å². The molecule has 1 fully saturated rings. The summed E-state index contributed by atoms with van der Waals surface area (Å²) in [6.07, 6.45) is 0.678. The van der Waals surface area contributed by atoms with Gasteiger partial charge in [0.05, 0.1) is 31.4 Å². The van der Waals surface area contributed by atoms with Gasteiger partial charge in [-0.05, 0) is 30.7 Å². The fourth-order valence-electron chi connectivity index (χ4n) is 2.46. The molecule has 108 valence electrons. The lowest BCUT2D eigenvalue weighted by Gasteiger charge is -2.35. The van der Waals surface area contributed by atoms with E-state index in [9.17, 15) is 19.8 Å². The van der Waals surface area contributed by atoms with Crippen LogP contribution in [0.5, 0.6) is 0 Å². The maximum absolute atomic E-state index is 12.0. The molecule has 0 aliphatic carbocycles. The van der Waals surface area contributed by atoms with Crippen molar-refractivity contribution in [2.24, 2.45) is 0 Å². The summed E-state index contributed by atoms with van der Waals surface area (Å²) in [5.41, 5.74) is -0.0473. The Hall–Kier alpha value is -1.92. The molecule has 1 aliphatic heterocycles. The molecule has 0 bridgehead atoms. The van der Waals surface area contributed by atoms with E-state index in [1.165, 1.54) is 12.0 Å². The number of ether oxygens (including phenoxy) is 1. The number of hydrogen-bond acceptors (Lipinski definition) is 5. The van der Waals surface area contributed by atoms with Crippen LogP contribution >= 0.6 is 0 Å². The summed E-state index contributed by atoms with van der Waals surface area (Å²) in [5.74, 6) is -0.612. The number of aliphatic hydroxyl groups excluding tert-OH is 2. The Labute approximate surface area is 116 Å². The van der Waals surface area contributed by atoms with E-state index in [0.29, 0.717) is 17.7 Å². The molecule has 2 N–H and O–H groups in total. The molecule has 0 radical (unpaired) electrons. The third-order valence-electron chi connectivity index (χ3n) is 3.66. The van der Waals surface area contributed by atoms with Crippen molar-refractivity contribution in [1.82, 2.24) is 0 Å². The van der Waals surface area contributed by atoms with Gasteiger partial charge in [0, 0.05) is 12.1 Å². The largest absolute Gasteiger partial charge is 0.465 e. The molecule has 1 amide bonds. The SMILES string of the molecule is COC(=O)c1ccc(N2C(=O)CCC2(CO)CO)cc1. The van der Waals surface area contributed by atoms with Gasteiger partial charge in [-0.1, -0.05) is 0 Å². The first-order chi connectivity index (χ1) is 9.57. The van der Waals surface area contributed by atoms with Crippen molar-refractivity contribution < 1.29 is 24.5 Å².